The van der Waals surface area contributed by atoms with Gasteiger partial charge in [0.25, 0.3) is 0 Å². The van der Waals surface area contributed by atoms with Crippen LogP contribution in [0.5, 0.6) is 0 Å². The third kappa shape index (κ3) is 12.6. The number of aliphatic hydroxyl groups excluding tert-OH is 3. The number of hydrogen-bond donors (Lipinski definition) is 3. The summed E-state index contributed by atoms with van der Waals surface area (Å²) < 4.78 is 10.9. The fourth-order valence-electron chi connectivity index (χ4n) is 4.01. The summed E-state index contributed by atoms with van der Waals surface area (Å²) in [7, 11) is 0. The highest BCUT2D eigenvalue weighted by Gasteiger charge is 2.40. The van der Waals surface area contributed by atoms with E-state index in [9.17, 15) is 15.3 Å². The van der Waals surface area contributed by atoms with E-state index in [1.54, 1.807) is 0 Å². The lowest BCUT2D eigenvalue weighted by atomic mass is 10.0. The summed E-state index contributed by atoms with van der Waals surface area (Å²) in [5.74, 6) is 0. The Hall–Kier alpha value is -0.270. The van der Waals surface area contributed by atoms with Crippen molar-refractivity contribution in [2.24, 2.45) is 0 Å². The molecule has 0 saturated carbocycles. The molecule has 1 fully saturated rings. The number of rotatable bonds is 18. The van der Waals surface area contributed by atoms with E-state index in [-0.39, 0.29) is 13.2 Å². The Balaban J connectivity index is 1.92. The van der Waals surface area contributed by atoms with Crippen molar-refractivity contribution in [3.8, 4) is 0 Å². The van der Waals surface area contributed by atoms with E-state index in [0.717, 1.165) is 12.8 Å². The first-order valence-corrected chi connectivity index (χ1v) is 12.8. The molecule has 0 radical (unpaired) electrons. The van der Waals surface area contributed by atoms with Crippen molar-refractivity contribution in [1.82, 2.24) is 0 Å². The fraction of sp³-hybridized carbons (Fsp3) is 0.958. The van der Waals surface area contributed by atoms with Gasteiger partial charge in [0.15, 0.2) is 11.2 Å². The normalized spacial score (nSPS) is 24.1. The second kappa shape index (κ2) is 18.3. The van der Waals surface area contributed by atoms with Gasteiger partial charge >= 0.3 is 0 Å². The van der Waals surface area contributed by atoms with Gasteiger partial charge in [-0.25, -0.2) is 0 Å². The zero-order valence-corrected chi connectivity index (χ0v) is 19.9. The molecule has 1 rings (SSSR count). The Labute approximate surface area is 189 Å². The molecule has 4 atom stereocenters. The van der Waals surface area contributed by atoms with Crippen molar-refractivity contribution in [2.45, 2.75) is 134 Å². The molecule has 0 aromatic rings. The lowest BCUT2D eigenvalue weighted by Gasteiger charge is -2.37. The summed E-state index contributed by atoms with van der Waals surface area (Å²) in [5.41, 5.74) is 0. The van der Waals surface area contributed by atoms with Gasteiger partial charge in [0.05, 0.1) is 13.2 Å². The first-order valence-electron chi connectivity index (χ1n) is 12.4. The van der Waals surface area contributed by atoms with E-state index >= 15 is 0 Å². The highest BCUT2D eigenvalue weighted by Crippen LogP contribution is 2.20. The Morgan fingerprint density at radius 1 is 0.833 bits per heavy atom. The summed E-state index contributed by atoms with van der Waals surface area (Å²) in [6.07, 6.45) is 16.9. The molecular weight excluding hydrogens is 400 g/mol. The predicted molar refractivity (Wildman–Crippen MR) is 126 cm³/mol. The first kappa shape index (κ1) is 27.8. The van der Waals surface area contributed by atoms with E-state index in [2.05, 4.69) is 6.92 Å². The van der Waals surface area contributed by atoms with Crippen LogP contribution in [0.1, 0.15) is 110 Å². The maximum absolute atomic E-state index is 10.1. The zero-order valence-electron chi connectivity index (χ0n) is 19.1. The van der Waals surface area contributed by atoms with Crippen molar-refractivity contribution in [3.63, 3.8) is 0 Å². The van der Waals surface area contributed by atoms with Crippen LogP contribution in [0.3, 0.4) is 0 Å². The van der Waals surface area contributed by atoms with E-state index in [1.165, 1.54) is 83.5 Å². The standard InChI is InChI=1S/C24H46O5S/c1-2-3-4-5-6-7-8-9-10-11-12-13-14-15-16-17-22(30)29-24-21(18-25)28-19-20(26)23(24)27/h20-21,23-27H,2-19H2,1H3/t20-,21+,23+,24+/m0/s1. The molecule has 1 heterocycles. The molecule has 6 heteroatoms. The minimum atomic E-state index is -1.09. The molecule has 1 aliphatic heterocycles. The van der Waals surface area contributed by atoms with Crippen LogP contribution in [-0.4, -0.2) is 58.0 Å². The van der Waals surface area contributed by atoms with Crippen LogP contribution in [-0.2, 0) is 9.47 Å². The quantitative estimate of drug-likeness (QED) is 0.201. The third-order valence-corrected chi connectivity index (χ3v) is 6.31. The summed E-state index contributed by atoms with van der Waals surface area (Å²) in [4.78, 5) is 0. The maximum Gasteiger partial charge on any atom is 0.160 e. The maximum atomic E-state index is 10.1. The van der Waals surface area contributed by atoms with Gasteiger partial charge in [0, 0.05) is 6.42 Å². The molecule has 0 aliphatic carbocycles. The number of hydrogen-bond acceptors (Lipinski definition) is 6. The SMILES string of the molecule is CCCCCCCCCCCCCCCCCC(=S)O[C@H]1[C@H](O)[C@@H](O)CO[C@@H]1CO. The average Bonchev–Trinajstić information content (AvgIpc) is 2.74. The van der Waals surface area contributed by atoms with Gasteiger partial charge in [0.2, 0.25) is 0 Å². The van der Waals surface area contributed by atoms with Crippen molar-refractivity contribution >= 4 is 17.3 Å². The van der Waals surface area contributed by atoms with E-state index < -0.39 is 24.4 Å². The number of thiocarbonyl (C=S) groups is 1. The highest BCUT2D eigenvalue weighted by atomic mass is 32.1. The van der Waals surface area contributed by atoms with Gasteiger partial charge in [-0.1, -0.05) is 96.8 Å². The van der Waals surface area contributed by atoms with Crippen molar-refractivity contribution in [3.05, 3.63) is 0 Å². The molecule has 0 bridgehead atoms. The summed E-state index contributed by atoms with van der Waals surface area (Å²) in [6, 6.07) is 0. The number of unbranched alkanes of at least 4 members (excludes halogenated alkanes) is 14. The highest BCUT2D eigenvalue weighted by molar-refractivity contribution is 7.80. The van der Waals surface area contributed by atoms with Crippen LogP contribution in [0.15, 0.2) is 0 Å². The third-order valence-electron chi connectivity index (χ3n) is 6.01. The Morgan fingerprint density at radius 2 is 1.30 bits per heavy atom. The monoisotopic (exact) mass is 446 g/mol. The van der Waals surface area contributed by atoms with Crippen LogP contribution in [0.4, 0.5) is 0 Å². The molecule has 0 amide bonds. The number of aliphatic hydroxyl groups is 3. The molecule has 30 heavy (non-hydrogen) atoms. The minimum Gasteiger partial charge on any atom is -0.478 e. The van der Waals surface area contributed by atoms with E-state index in [0.29, 0.717) is 11.5 Å². The molecule has 1 saturated heterocycles. The van der Waals surface area contributed by atoms with Gasteiger partial charge in [-0.15, -0.1) is 0 Å². The summed E-state index contributed by atoms with van der Waals surface area (Å²) in [6.45, 7) is 2.00. The topological polar surface area (TPSA) is 79.2 Å². The molecule has 3 N–H and O–H groups in total. The summed E-state index contributed by atoms with van der Waals surface area (Å²) >= 11 is 5.27. The Morgan fingerprint density at radius 3 is 1.77 bits per heavy atom. The first-order chi connectivity index (χ1) is 14.6. The van der Waals surface area contributed by atoms with E-state index in [1.807, 2.05) is 0 Å². The second-order valence-corrected chi connectivity index (χ2v) is 9.22. The number of ether oxygens (including phenoxy) is 2. The van der Waals surface area contributed by atoms with Gasteiger partial charge in [-0.05, 0) is 18.6 Å². The van der Waals surface area contributed by atoms with Crippen LogP contribution >= 0.6 is 12.2 Å². The zero-order chi connectivity index (χ0) is 22.0. The van der Waals surface area contributed by atoms with Crippen LogP contribution < -0.4 is 0 Å². The predicted octanol–water partition coefficient (Wildman–Crippen LogP) is 5.07. The molecule has 5 nitrogen and oxygen atoms in total. The molecule has 0 unspecified atom stereocenters. The van der Waals surface area contributed by atoms with Gasteiger partial charge < -0.3 is 24.8 Å². The molecule has 0 aromatic heterocycles. The largest absolute Gasteiger partial charge is 0.478 e. The Kier molecular flexibility index (Phi) is 17.0. The molecule has 1 aliphatic rings. The smallest absolute Gasteiger partial charge is 0.160 e. The lowest BCUT2D eigenvalue weighted by molar-refractivity contribution is -0.190. The molecule has 0 aromatic carbocycles. The van der Waals surface area contributed by atoms with Gasteiger partial charge in [0.1, 0.15) is 18.3 Å². The average molecular weight is 447 g/mol. The fourth-order valence-corrected chi connectivity index (χ4v) is 4.26. The van der Waals surface area contributed by atoms with Gasteiger partial charge in [-0.3, -0.25) is 0 Å². The minimum absolute atomic E-state index is 0.00192. The van der Waals surface area contributed by atoms with Crippen LogP contribution in [0.2, 0.25) is 0 Å². The van der Waals surface area contributed by atoms with Crippen molar-refractivity contribution in [1.29, 1.82) is 0 Å². The van der Waals surface area contributed by atoms with Crippen LogP contribution in [0, 0.1) is 0 Å². The lowest BCUT2D eigenvalue weighted by Crippen LogP contribution is -2.55. The molecule has 178 valence electrons. The van der Waals surface area contributed by atoms with Crippen molar-refractivity contribution in [2.75, 3.05) is 13.2 Å². The van der Waals surface area contributed by atoms with Crippen molar-refractivity contribution < 1.29 is 24.8 Å². The molecular formula is C24H46O5S. The van der Waals surface area contributed by atoms with Gasteiger partial charge in [-0.2, -0.15) is 0 Å². The molecule has 0 spiro atoms. The second-order valence-electron chi connectivity index (χ2n) is 8.77. The van der Waals surface area contributed by atoms with E-state index in [4.69, 9.17) is 21.7 Å². The van der Waals surface area contributed by atoms with Crippen LogP contribution in [0.25, 0.3) is 0 Å². The Bertz CT molecular complexity index is 418. The summed E-state index contributed by atoms with van der Waals surface area (Å²) in [5, 5.41) is 29.6.